The van der Waals surface area contributed by atoms with Crippen LogP contribution in [0.5, 0.6) is 0 Å². The largest absolute Gasteiger partial charge is 0.366 e. The van der Waals surface area contributed by atoms with E-state index in [4.69, 9.17) is 4.74 Å². The number of hydrogen-bond acceptors (Lipinski definition) is 4. The van der Waals surface area contributed by atoms with E-state index in [0.717, 1.165) is 11.5 Å². The maximum atomic E-state index is 13.1. The van der Waals surface area contributed by atoms with E-state index >= 15 is 0 Å². The van der Waals surface area contributed by atoms with E-state index in [1.165, 1.54) is 0 Å². The van der Waals surface area contributed by atoms with Crippen molar-refractivity contribution in [1.82, 2.24) is 24.2 Å². The molecule has 7 nitrogen and oxygen atoms in total. The number of amides is 1. The molecule has 0 N–H and O–H groups in total. The van der Waals surface area contributed by atoms with Crippen LogP contribution in [0.3, 0.4) is 0 Å². The van der Waals surface area contributed by atoms with E-state index in [1.54, 1.807) is 6.33 Å². The number of benzene rings is 1. The predicted octanol–water partition coefficient (Wildman–Crippen LogP) is 1.82. The molecule has 1 atom stereocenters. The minimum atomic E-state index is -0.260. The van der Waals surface area contributed by atoms with Crippen molar-refractivity contribution in [1.29, 1.82) is 0 Å². The summed E-state index contributed by atoms with van der Waals surface area (Å²) in [5.74, 6) is 0.732. The first-order valence-electron chi connectivity index (χ1n) is 8.21. The van der Waals surface area contributed by atoms with Gasteiger partial charge in [0.2, 0.25) is 0 Å². The molecule has 25 heavy (non-hydrogen) atoms. The molecule has 0 aliphatic carbocycles. The quantitative estimate of drug-likeness (QED) is 0.731. The number of ether oxygens (including phenoxy) is 1. The Kier molecular flexibility index (Phi) is 4.07. The Labute approximate surface area is 145 Å². The number of carbonyl (C=O) groups excluding carboxylic acids is 1. The van der Waals surface area contributed by atoms with Crippen LogP contribution in [0, 0.1) is 0 Å². The molecule has 128 valence electrons. The molecule has 1 aromatic carbocycles. The molecule has 0 radical (unpaired) electrons. The number of carbonyl (C=O) groups is 1. The van der Waals surface area contributed by atoms with Gasteiger partial charge in [0.25, 0.3) is 5.91 Å². The molecule has 3 heterocycles. The van der Waals surface area contributed by atoms with Crippen molar-refractivity contribution < 1.29 is 9.53 Å². The Balaban J connectivity index is 1.60. The van der Waals surface area contributed by atoms with Crippen LogP contribution < -0.4 is 0 Å². The summed E-state index contributed by atoms with van der Waals surface area (Å²) in [4.78, 5) is 15.0. The predicted molar refractivity (Wildman–Crippen MR) is 91.4 cm³/mol. The zero-order valence-corrected chi connectivity index (χ0v) is 13.9. The molecule has 1 aliphatic heterocycles. The lowest BCUT2D eigenvalue weighted by atomic mass is 10.1. The Morgan fingerprint density at radius 3 is 2.76 bits per heavy atom. The first-order chi connectivity index (χ1) is 12.2. The summed E-state index contributed by atoms with van der Waals surface area (Å²) < 4.78 is 9.58. The molecule has 1 amide bonds. The molecular formula is C18H19N5O2. The second-order valence-electron chi connectivity index (χ2n) is 6.02. The number of morpholine rings is 1. The molecule has 1 aliphatic rings. The maximum Gasteiger partial charge on any atom is 0.256 e. The first-order valence-corrected chi connectivity index (χ1v) is 8.21. The Bertz CT molecular complexity index is 871. The molecule has 1 unspecified atom stereocenters. The van der Waals surface area contributed by atoms with Crippen molar-refractivity contribution in [2.75, 3.05) is 19.7 Å². The third-order valence-corrected chi connectivity index (χ3v) is 4.41. The minimum absolute atomic E-state index is 0.000214. The Hall–Kier alpha value is -2.93. The molecule has 4 rings (SSSR count). The second kappa shape index (κ2) is 6.52. The van der Waals surface area contributed by atoms with E-state index in [2.05, 4.69) is 10.2 Å². The molecule has 0 spiro atoms. The van der Waals surface area contributed by atoms with E-state index in [9.17, 15) is 4.79 Å². The summed E-state index contributed by atoms with van der Waals surface area (Å²) in [5.41, 5.74) is 1.55. The zero-order chi connectivity index (χ0) is 17.2. The van der Waals surface area contributed by atoms with Crippen molar-refractivity contribution in [2.24, 2.45) is 7.05 Å². The highest BCUT2D eigenvalue weighted by Crippen LogP contribution is 2.23. The monoisotopic (exact) mass is 337 g/mol. The van der Waals surface area contributed by atoms with Crippen molar-refractivity contribution in [3.8, 4) is 5.69 Å². The number of rotatable bonds is 3. The van der Waals surface area contributed by atoms with Gasteiger partial charge in [-0.3, -0.25) is 4.79 Å². The van der Waals surface area contributed by atoms with E-state index in [-0.39, 0.29) is 12.0 Å². The fourth-order valence-corrected chi connectivity index (χ4v) is 3.12. The lowest BCUT2D eigenvalue weighted by Crippen LogP contribution is -2.43. The lowest BCUT2D eigenvalue weighted by molar-refractivity contribution is -0.0281. The Morgan fingerprint density at radius 2 is 2.00 bits per heavy atom. The minimum Gasteiger partial charge on any atom is -0.366 e. The highest BCUT2D eigenvalue weighted by atomic mass is 16.5. The van der Waals surface area contributed by atoms with Gasteiger partial charge in [-0.2, -0.15) is 0 Å². The highest BCUT2D eigenvalue weighted by molar-refractivity contribution is 5.97. The van der Waals surface area contributed by atoms with Crippen molar-refractivity contribution in [2.45, 2.75) is 6.10 Å². The molecule has 7 heteroatoms. The average Bonchev–Trinajstić information content (AvgIpc) is 3.33. The SMILES string of the molecule is Cn1cnnc1C1CN(C(=O)c2ccccc2-n2cccc2)CCO1. The number of aryl methyl sites for hydroxylation is 1. The van der Waals surface area contributed by atoms with Crippen molar-refractivity contribution in [3.63, 3.8) is 0 Å². The normalized spacial score (nSPS) is 17.6. The van der Waals surface area contributed by atoms with Gasteiger partial charge in [-0.15, -0.1) is 10.2 Å². The van der Waals surface area contributed by atoms with Crippen LogP contribution in [0.1, 0.15) is 22.3 Å². The molecule has 1 saturated heterocycles. The third kappa shape index (κ3) is 2.94. The van der Waals surface area contributed by atoms with Gasteiger partial charge < -0.3 is 18.8 Å². The van der Waals surface area contributed by atoms with Crippen molar-refractivity contribution in [3.05, 3.63) is 66.5 Å². The van der Waals surface area contributed by atoms with Gasteiger partial charge in [-0.1, -0.05) is 12.1 Å². The van der Waals surface area contributed by atoms with Gasteiger partial charge >= 0.3 is 0 Å². The number of hydrogen-bond donors (Lipinski definition) is 0. The van der Waals surface area contributed by atoms with E-state index in [1.807, 2.05) is 69.9 Å². The number of nitrogens with zero attached hydrogens (tertiary/aromatic N) is 5. The van der Waals surface area contributed by atoms with Crippen LogP contribution in [0.15, 0.2) is 55.1 Å². The summed E-state index contributed by atoms with van der Waals surface area (Å²) in [6.45, 7) is 1.51. The molecule has 0 saturated carbocycles. The van der Waals surface area contributed by atoms with Crippen LogP contribution in [0.25, 0.3) is 5.69 Å². The lowest BCUT2D eigenvalue weighted by Gasteiger charge is -2.32. The fraction of sp³-hybridized carbons (Fsp3) is 0.278. The molecule has 0 bridgehead atoms. The molecule has 3 aromatic rings. The highest BCUT2D eigenvalue weighted by Gasteiger charge is 2.29. The van der Waals surface area contributed by atoms with Gasteiger partial charge in [-0.25, -0.2) is 0 Å². The van der Waals surface area contributed by atoms with E-state index < -0.39 is 0 Å². The van der Waals surface area contributed by atoms with Crippen LogP contribution >= 0.6 is 0 Å². The topological polar surface area (TPSA) is 65.2 Å². The average molecular weight is 337 g/mol. The van der Waals surface area contributed by atoms with Crippen LogP contribution in [-0.2, 0) is 11.8 Å². The Morgan fingerprint density at radius 1 is 1.20 bits per heavy atom. The summed E-state index contributed by atoms with van der Waals surface area (Å²) in [5, 5.41) is 8.01. The maximum absolute atomic E-state index is 13.1. The third-order valence-electron chi connectivity index (χ3n) is 4.41. The second-order valence-corrected chi connectivity index (χ2v) is 6.02. The first kappa shape index (κ1) is 15.6. The molecule has 2 aromatic heterocycles. The van der Waals surface area contributed by atoms with Gasteiger partial charge in [-0.05, 0) is 24.3 Å². The van der Waals surface area contributed by atoms with Crippen LogP contribution in [-0.4, -0.2) is 49.8 Å². The zero-order valence-electron chi connectivity index (χ0n) is 13.9. The van der Waals surface area contributed by atoms with Gasteiger partial charge in [0.05, 0.1) is 24.4 Å². The number of para-hydroxylation sites is 1. The molecule has 1 fully saturated rings. The van der Waals surface area contributed by atoms with E-state index in [0.29, 0.717) is 25.3 Å². The number of aromatic nitrogens is 4. The summed E-state index contributed by atoms with van der Waals surface area (Å²) >= 11 is 0. The fourth-order valence-electron chi connectivity index (χ4n) is 3.12. The summed E-state index contributed by atoms with van der Waals surface area (Å²) in [7, 11) is 1.88. The van der Waals surface area contributed by atoms with Gasteiger partial charge in [0, 0.05) is 26.0 Å². The summed E-state index contributed by atoms with van der Waals surface area (Å²) in [6.07, 6.45) is 5.26. The standard InChI is InChI=1S/C18H19N5O2/c1-21-13-19-20-17(21)16-12-23(10-11-25-16)18(24)14-6-2-3-7-15(14)22-8-4-5-9-22/h2-9,13,16H,10-12H2,1H3. The smallest absolute Gasteiger partial charge is 0.256 e. The van der Waals surface area contributed by atoms with Crippen molar-refractivity contribution >= 4 is 5.91 Å². The molecular weight excluding hydrogens is 318 g/mol. The van der Waals surface area contributed by atoms with Crippen LogP contribution in [0.4, 0.5) is 0 Å². The van der Waals surface area contributed by atoms with Gasteiger partial charge in [0.15, 0.2) is 5.82 Å². The summed E-state index contributed by atoms with van der Waals surface area (Å²) in [6, 6.07) is 11.5. The van der Waals surface area contributed by atoms with Gasteiger partial charge in [0.1, 0.15) is 12.4 Å². The van der Waals surface area contributed by atoms with Crippen LogP contribution in [0.2, 0.25) is 0 Å².